The van der Waals surface area contributed by atoms with E-state index in [0.29, 0.717) is 17.2 Å². The van der Waals surface area contributed by atoms with Crippen LogP contribution in [-0.4, -0.2) is 28.5 Å². The van der Waals surface area contributed by atoms with Crippen molar-refractivity contribution in [1.82, 2.24) is 4.90 Å². The zero-order valence-electron chi connectivity index (χ0n) is 17.3. The summed E-state index contributed by atoms with van der Waals surface area (Å²) in [6.07, 6.45) is 1.52. The fourth-order valence-corrected chi connectivity index (χ4v) is 4.65. The van der Waals surface area contributed by atoms with Crippen molar-refractivity contribution in [3.8, 4) is 11.3 Å². The molecule has 1 aliphatic rings. The Morgan fingerprint density at radius 3 is 2.50 bits per heavy atom. The number of benzene rings is 2. The molecule has 0 saturated carbocycles. The van der Waals surface area contributed by atoms with E-state index >= 15 is 0 Å². The number of aryl methyl sites for hydroxylation is 2. The average Bonchev–Trinajstić information content (AvgIpc) is 3.30. The SMILES string of the molecule is Cc1ccc(NC(=O)CN2C(=O)S/C(=C\c3ccc(-c4ccc(C)cc4Br)o3)C2=O)cc1. The van der Waals surface area contributed by atoms with Crippen LogP contribution in [0, 0.1) is 13.8 Å². The summed E-state index contributed by atoms with van der Waals surface area (Å²) in [5, 5.41) is 2.20. The molecular weight excluding hydrogens is 492 g/mol. The van der Waals surface area contributed by atoms with Crippen molar-refractivity contribution in [2.24, 2.45) is 0 Å². The number of carbonyl (C=O) groups is 3. The molecule has 3 amide bonds. The maximum absolute atomic E-state index is 12.7. The maximum atomic E-state index is 12.7. The summed E-state index contributed by atoms with van der Waals surface area (Å²) in [7, 11) is 0. The number of imide groups is 1. The van der Waals surface area contributed by atoms with Crippen molar-refractivity contribution in [2.45, 2.75) is 13.8 Å². The molecule has 1 fully saturated rings. The molecule has 1 aliphatic heterocycles. The Hall–Kier alpha value is -3.10. The van der Waals surface area contributed by atoms with Crippen molar-refractivity contribution in [1.29, 1.82) is 0 Å². The third kappa shape index (κ3) is 4.87. The van der Waals surface area contributed by atoms with Crippen LogP contribution < -0.4 is 5.32 Å². The van der Waals surface area contributed by atoms with E-state index in [0.717, 1.165) is 37.8 Å². The van der Waals surface area contributed by atoms with Gasteiger partial charge in [0.15, 0.2) is 0 Å². The van der Waals surface area contributed by atoms with E-state index < -0.39 is 17.1 Å². The van der Waals surface area contributed by atoms with Gasteiger partial charge in [0, 0.05) is 21.8 Å². The number of hydrogen-bond acceptors (Lipinski definition) is 5. The number of thioether (sulfide) groups is 1. The van der Waals surface area contributed by atoms with Crippen molar-refractivity contribution < 1.29 is 18.8 Å². The lowest BCUT2D eigenvalue weighted by Gasteiger charge is -2.12. The fraction of sp³-hybridized carbons (Fsp3) is 0.125. The predicted molar refractivity (Wildman–Crippen MR) is 129 cm³/mol. The van der Waals surface area contributed by atoms with Crippen molar-refractivity contribution in [2.75, 3.05) is 11.9 Å². The number of halogens is 1. The summed E-state index contributed by atoms with van der Waals surface area (Å²) < 4.78 is 6.76. The Balaban J connectivity index is 1.46. The van der Waals surface area contributed by atoms with Crippen molar-refractivity contribution >= 4 is 56.5 Å². The van der Waals surface area contributed by atoms with Crippen LogP contribution in [0.2, 0.25) is 0 Å². The van der Waals surface area contributed by atoms with Gasteiger partial charge < -0.3 is 9.73 Å². The fourth-order valence-electron chi connectivity index (χ4n) is 3.14. The summed E-state index contributed by atoms with van der Waals surface area (Å²) in [6.45, 7) is 3.59. The van der Waals surface area contributed by atoms with Gasteiger partial charge in [0.05, 0.1) is 4.91 Å². The van der Waals surface area contributed by atoms with Crippen molar-refractivity contribution in [3.05, 3.63) is 80.9 Å². The zero-order valence-corrected chi connectivity index (χ0v) is 19.7. The first-order chi connectivity index (χ1) is 15.3. The largest absolute Gasteiger partial charge is 0.457 e. The molecule has 32 heavy (non-hydrogen) atoms. The first kappa shape index (κ1) is 22.1. The van der Waals surface area contributed by atoms with Gasteiger partial charge in [-0.2, -0.15) is 0 Å². The monoisotopic (exact) mass is 510 g/mol. The van der Waals surface area contributed by atoms with Crippen LogP contribution in [0.1, 0.15) is 16.9 Å². The molecule has 0 atom stereocenters. The Morgan fingerprint density at radius 1 is 1.06 bits per heavy atom. The highest BCUT2D eigenvalue weighted by Crippen LogP contribution is 2.34. The molecule has 1 aromatic heterocycles. The Bertz CT molecular complexity index is 1250. The molecule has 0 radical (unpaired) electrons. The van der Waals surface area contributed by atoms with Crippen LogP contribution in [0.4, 0.5) is 10.5 Å². The highest BCUT2D eigenvalue weighted by atomic mass is 79.9. The number of carbonyl (C=O) groups excluding carboxylic acids is 3. The molecule has 0 spiro atoms. The molecular formula is C24H19BrN2O4S. The number of rotatable bonds is 5. The van der Waals surface area contributed by atoms with E-state index in [9.17, 15) is 14.4 Å². The molecule has 2 heterocycles. The minimum absolute atomic E-state index is 0.210. The van der Waals surface area contributed by atoms with Gasteiger partial charge in [0.2, 0.25) is 5.91 Å². The van der Waals surface area contributed by atoms with E-state index in [4.69, 9.17) is 4.42 Å². The van der Waals surface area contributed by atoms with Gasteiger partial charge in [0.1, 0.15) is 18.1 Å². The maximum Gasteiger partial charge on any atom is 0.294 e. The normalized spacial score (nSPS) is 15.0. The molecule has 6 nitrogen and oxygen atoms in total. The van der Waals surface area contributed by atoms with Gasteiger partial charge >= 0.3 is 0 Å². The van der Waals surface area contributed by atoms with Gasteiger partial charge in [-0.05, 0) is 67.6 Å². The molecule has 1 saturated heterocycles. The molecule has 8 heteroatoms. The molecule has 2 aromatic carbocycles. The van der Waals surface area contributed by atoms with E-state index in [1.165, 1.54) is 6.08 Å². The molecule has 1 N–H and O–H groups in total. The highest BCUT2D eigenvalue weighted by molar-refractivity contribution is 9.10. The van der Waals surface area contributed by atoms with E-state index in [1.54, 1.807) is 24.3 Å². The third-order valence-corrected chi connectivity index (χ3v) is 6.36. The second-order valence-electron chi connectivity index (χ2n) is 7.37. The van der Waals surface area contributed by atoms with Gasteiger partial charge in [-0.25, -0.2) is 0 Å². The Kier molecular flexibility index (Phi) is 6.34. The minimum atomic E-state index is -0.520. The van der Waals surface area contributed by atoms with Gasteiger partial charge in [-0.1, -0.05) is 39.7 Å². The van der Waals surface area contributed by atoms with Crippen LogP contribution in [0.25, 0.3) is 17.4 Å². The molecule has 0 bridgehead atoms. The highest BCUT2D eigenvalue weighted by Gasteiger charge is 2.36. The summed E-state index contributed by atoms with van der Waals surface area (Å²) in [4.78, 5) is 38.5. The number of nitrogens with zero attached hydrogens (tertiary/aromatic N) is 1. The van der Waals surface area contributed by atoms with Crippen LogP contribution >= 0.6 is 27.7 Å². The average molecular weight is 511 g/mol. The summed E-state index contributed by atoms with van der Waals surface area (Å²) >= 11 is 4.32. The molecule has 162 valence electrons. The molecule has 0 unspecified atom stereocenters. The predicted octanol–water partition coefficient (Wildman–Crippen LogP) is 6.00. The molecule has 0 aliphatic carbocycles. The summed E-state index contributed by atoms with van der Waals surface area (Å²) in [6, 6.07) is 16.7. The van der Waals surface area contributed by atoms with Gasteiger partial charge in [-0.3, -0.25) is 19.3 Å². The van der Waals surface area contributed by atoms with Gasteiger partial charge in [-0.15, -0.1) is 0 Å². The smallest absolute Gasteiger partial charge is 0.294 e. The lowest BCUT2D eigenvalue weighted by atomic mass is 10.1. The van der Waals surface area contributed by atoms with E-state index in [1.807, 2.05) is 44.2 Å². The molecule has 3 aromatic rings. The Labute approximate surface area is 197 Å². The minimum Gasteiger partial charge on any atom is -0.457 e. The van der Waals surface area contributed by atoms with Crippen LogP contribution in [-0.2, 0) is 9.59 Å². The lowest BCUT2D eigenvalue weighted by Crippen LogP contribution is -2.36. The van der Waals surface area contributed by atoms with Crippen LogP contribution in [0.15, 0.2) is 68.4 Å². The summed E-state index contributed by atoms with van der Waals surface area (Å²) in [5.41, 5.74) is 3.67. The second kappa shape index (κ2) is 9.18. The number of amides is 3. The van der Waals surface area contributed by atoms with E-state index in [2.05, 4.69) is 21.2 Å². The Morgan fingerprint density at radius 2 is 1.78 bits per heavy atom. The lowest BCUT2D eigenvalue weighted by molar-refractivity contribution is -0.127. The number of anilines is 1. The standard InChI is InChI=1S/C24H19BrN2O4S/c1-14-3-6-16(7-4-14)26-22(28)13-27-23(29)21(32-24(27)30)12-17-8-10-20(31-17)18-9-5-15(2)11-19(18)25/h3-12H,13H2,1-2H3,(H,26,28)/b21-12-. The number of furan rings is 1. The number of hydrogen-bond donors (Lipinski definition) is 1. The zero-order chi connectivity index (χ0) is 22.8. The van der Waals surface area contributed by atoms with Crippen LogP contribution in [0.5, 0.6) is 0 Å². The first-order valence-corrected chi connectivity index (χ1v) is 11.4. The summed E-state index contributed by atoms with van der Waals surface area (Å²) in [5.74, 6) is 0.123. The quantitative estimate of drug-likeness (QED) is 0.425. The molecule has 4 rings (SSSR count). The first-order valence-electron chi connectivity index (χ1n) is 9.78. The topological polar surface area (TPSA) is 79.6 Å². The van der Waals surface area contributed by atoms with Crippen molar-refractivity contribution in [3.63, 3.8) is 0 Å². The van der Waals surface area contributed by atoms with Crippen LogP contribution in [0.3, 0.4) is 0 Å². The third-order valence-electron chi connectivity index (χ3n) is 4.80. The van der Waals surface area contributed by atoms with Gasteiger partial charge in [0.25, 0.3) is 11.1 Å². The second-order valence-corrected chi connectivity index (χ2v) is 9.21. The number of nitrogens with one attached hydrogen (secondary N) is 1. The van der Waals surface area contributed by atoms with E-state index in [-0.39, 0.29) is 11.4 Å².